The third-order valence-electron chi connectivity index (χ3n) is 3.27. The Labute approximate surface area is 130 Å². The van der Waals surface area contributed by atoms with E-state index in [0.29, 0.717) is 4.75 Å². The second kappa shape index (κ2) is 6.80. The van der Waals surface area contributed by atoms with E-state index >= 15 is 0 Å². The highest BCUT2D eigenvalue weighted by Crippen LogP contribution is 2.29. The van der Waals surface area contributed by atoms with Crippen molar-refractivity contribution in [3.8, 4) is 0 Å². The average Bonchev–Trinajstić information content (AvgIpc) is 2.79. The molecule has 0 aromatic carbocycles. The zero-order valence-electron chi connectivity index (χ0n) is 12.8. The maximum absolute atomic E-state index is 4.49. The predicted octanol–water partition coefficient (Wildman–Crippen LogP) is 2.40. The fourth-order valence-corrected chi connectivity index (χ4v) is 4.11. The van der Waals surface area contributed by atoms with E-state index < -0.39 is 0 Å². The zero-order valence-corrected chi connectivity index (χ0v) is 14.4. The molecular formula is C14H24N4S2. The summed E-state index contributed by atoms with van der Waals surface area (Å²) in [5, 5.41) is 6.74. The molecule has 1 aromatic heterocycles. The van der Waals surface area contributed by atoms with Crippen LogP contribution in [0.2, 0.25) is 0 Å². The van der Waals surface area contributed by atoms with E-state index in [2.05, 4.69) is 39.4 Å². The van der Waals surface area contributed by atoms with E-state index in [1.807, 2.05) is 25.7 Å². The first-order valence-corrected chi connectivity index (χ1v) is 8.87. The number of thiazole rings is 1. The number of thioether (sulfide) groups is 1. The lowest BCUT2D eigenvalue weighted by Crippen LogP contribution is -2.51. The number of hydrogen-bond donors (Lipinski definition) is 1. The van der Waals surface area contributed by atoms with Gasteiger partial charge in [0.05, 0.1) is 10.7 Å². The third kappa shape index (κ3) is 4.38. The van der Waals surface area contributed by atoms with Gasteiger partial charge in [-0.15, -0.1) is 11.3 Å². The summed E-state index contributed by atoms with van der Waals surface area (Å²) in [6, 6.07) is 0. The molecule has 1 saturated heterocycles. The quantitative estimate of drug-likeness (QED) is 0.687. The van der Waals surface area contributed by atoms with Gasteiger partial charge in [-0.25, -0.2) is 4.98 Å². The van der Waals surface area contributed by atoms with Gasteiger partial charge in [-0.2, -0.15) is 11.8 Å². The average molecular weight is 313 g/mol. The largest absolute Gasteiger partial charge is 0.356 e. The maximum Gasteiger partial charge on any atom is 0.193 e. The highest BCUT2D eigenvalue weighted by molar-refractivity contribution is 8.00. The minimum atomic E-state index is 0.307. The Hall–Kier alpha value is -0.750. The van der Waals surface area contributed by atoms with Crippen molar-refractivity contribution in [2.75, 3.05) is 32.4 Å². The van der Waals surface area contributed by atoms with Crippen molar-refractivity contribution in [3.63, 3.8) is 0 Å². The van der Waals surface area contributed by atoms with Crippen molar-refractivity contribution in [2.45, 2.75) is 31.9 Å². The van der Waals surface area contributed by atoms with Crippen LogP contribution < -0.4 is 5.32 Å². The molecule has 1 fully saturated rings. The minimum absolute atomic E-state index is 0.307. The Morgan fingerprint density at radius 1 is 1.55 bits per heavy atom. The van der Waals surface area contributed by atoms with E-state index in [1.165, 1.54) is 11.4 Å². The van der Waals surface area contributed by atoms with Crippen molar-refractivity contribution in [3.05, 3.63) is 16.1 Å². The fraction of sp³-hybridized carbons (Fsp3) is 0.714. The normalized spacial score (nSPS) is 19.2. The van der Waals surface area contributed by atoms with Gasteiger partial charge in [-0.1, -0.05) is 0 Å². The number of nitrogens with zero attached hydrogens (tertiary/aromatic N) is 3. The minimum Gasteiger partial charge on any atom is -0.356 e. The van der Waals surface area contributed by atoms with Gasteiger partial charge in [0, 0.05) is 49.0 Å². The smallest absolute Gasteiger partial charge is 0.193 e. The second-order valence-electron chi connectivity index (χ2n) is 5.61. The van der Waals surface area contributed by atoms with Gasteiger partial charge in [-0.3, -0.25) is 4.99 Å². The second-order valence-corrected chi connectivity index (χ2v) is 8.48. The van der Waals surface area contributed by atoms with Crippen LogP contribution in [0.3, 0.4) is 0 Å². The number of aromatic nitrogens is 1. The molecule has 0 atom stereocenters. The summed E-state index contributed by atoms with van der Waals surface area (Å²) in [5.74, 6) is 2.18. The van der Waals surface area contributed by atoms with Crippen molar-refractivity contribution in [1.82, 2.24) is 15.2 Å². The number of nitrogens with one attached hydrogen (secondary N) is 1. The van der Waals surface area contributed by atoms with Crippen LogP contribution in [-0.2, 0) is 6.42 Å². The summed E-state index contributed by atoms with van der Waals surface area (Å²) in [6.07, 6.45) is 0.954. The topological polar surface area (TPSA) is 40.5 Å². The predicted molar refractivity (Wildman–Crippen MR) is 90.0 cm³/mol. The van der Waals surface area contributed by atoms with Gasteiger partial charge in [-0.05, 0) is 20.8 Å². The Kier molecular flexibility index (Phi) is 5.32. The number of aryl methyl sites for hydroxylation is 1. The molecule has 2 rings (SSSR count). The van der Waals surface area contributed by atoms with Gasteiger partial charge in [0.1, 0.15) is 0 Å². The molecule has 0 saturated carbocycles. The molecule has 0 aliphatic carbocycles. The van der Waals surface area contributed by atoms with Gasteiger partial charge in [0.25, 0.3) is 0 Å². The van der Waals surface area contributed by atoms with Crippen molar-refractivity contribution >= 4 is 29.1 Å². The molecule has 1 aliphatic heterocycles. The number of hydrogen-bond acceptors (Lipinski definition) is 4. The van der Waals surface area contributed by atoms with E-state index in [4.69, 9.17) is 0 Å². The SMILES string of the molecule is CN=C(NCCc1csc(C)n1)N1CCSC(C)(C)C1. The molecule has 112 valence electrons. The van der Waals surface area contributed by atoms with Gasteiger partial charge in [0.2, 0.25) is 0 Å². The van der Waals surface area contributed by atoms with Gasteiger partial charge in [0.15, 0.2) is 5.96 Å². The molecule has 0 bridgehead atoms. The first-order chi connectivity index (χ1) is 9.50. The number of aliphatic imine (C=N–C) groups is 1. The molecule has 2 heterocycles. The Morgan fingerprint density at radius 2 is 2.35 bits per heavy atom. The molecule has 0 unspecified atom stereocenters. The third-order valence-corrected chi connectivity index (χ3v) is 5.39. The summed E-state index contributed by atoms with van der Waals surface area (Å²) in [7, 11) is 1.87. The van der Waals surface area contributed by atoms with E-state index in [-0.39, 0.29) is 0 Å². The maximum atomic E-state index is 4.49. The lowest BCUT2D eigenvalue weighted by Gasteiger charge is -2.39. The molecule has 20 heavy (non-hydrogen) atoms. The highest BCUT2D eigenvalue weighted by Gasteiger charge is 2.28. The van der Waals surface area contributed by atoms with Crippen molar-refractivity contribution in [1.29, 1.82) is 0 Å². The van der Waals surface area contributed by atoms with Crippen LogP contribution in [0, 0.1) is 6.92 Å². The van der Waals surface area contributed by atoms with Crippen molar-refractivity contribution < 1.29 is 0 Å². The van der Waals surface area contributed by atoms with Crippen LogP contribution in [0.15, 0.2) is 10.4 Å². The highest BCUT2D eigenvalue weighted by atomic mass is 32.2. The Morgan fingerprint density at radius 3 is 2.95 bits per heavy atom. The first-order valence-electron chi connectivity index (χ1n) is 7.01. The van der Waals surface area contributed by atoms with Gasteiger partial charge < -0.3 is 10.2 Å². The molecular weight excluding hydrogens is 288 g/mol. The lowest BCUT2D eigenvalue weighted by molar-refractivity contribution is 0.376. The number of rotatable bonds is 3. The summed E-state index contributed by atoms with van der Waals surface area (Å²) >= 11 is 3.76. The van der Waals surface area contributed by atoms with E-state index in [1.54, 1.807) is 11.3 Å². The lowest BCUT2D eigenvalue weighted by atomic mass is 10.2. The van der Waals surface area contributed by atoms with Crippen molar-refractivity contribution in [2.24, 2.45) is 4.99 Å². The van der Waals surface area contributed by atoms with Crippen LogP contribution in [0.5, 0.6) is 0 Å². The molecule has 1 aliphatic rings. The summed E-state index contributed by atoms with van der Waals surface area (Å²) < 4.78 is 0.307. The van der Waals surface area contributed by atoms with Crippen LogP contribution in [0.25, 0.3) is 0 Å². The fourth-order valence-electron chi connectivity index (χ4n) is 2.35. The monoisotopic (exact) mass is 312 g/mol. The van der Waals surface area contributed by atoms with Crippen LogP contribution in [0.4, 0.5) is 0 Å². The Bertz CT molecular complexity index is 467. The summed E-state index contributed by atoms with van der Waals surface area (Å²) in [4.78, 5) is 11.3. The van der Waals surface area contributed by atoms with Crippen LogP contribution in [0.1, 0.15) is 24.5 Å². The summed E-state index contributed by atoms with van der Waals surface area (Å²) in [5.41, 5.74) is 1.17. The molecule has 0 radical (unpaired) electrons. The molecule has 0 amide bonds. The number of guanidine groups is 1. The molecule has 1 aromatic rings. The molecule has 4 nitrogen and oxygen atoms in total. The first kappa shape index (κ1) is 15.6. The molecule has 0 spiro atoms. The van der Waals surface area contributed by atoms with Crippen LogP contribution in [-0.4, -0.2) is 53.0 Å². The summed E-state index contributed by atoms with van der Waals surface area (Å²) in [6.45, 7) is 9.66. The van der Waals surface area contributed by atoms with Crippen LogP contribution >= 0.6 is 23.1 Å². The standard InChI is InChI=1S/C14H24N4S2/c1-11-17-12(9-19-11)5-6-16-13(15-4)18-7-8-20-14(2,3)10-18/h9H,5-8,10H2,1-4H3,(H,15,16). The zero-order chi connectivity index (χ0) is 14.6. The Balaban J connectivity index is 1.83. The van der Waals surface area contributed by atoms with E-state index in [0.717, 1.165) is 37.0 Å². The molecule has 1 N–H and O–H groups in total. The van der Waals surface area contributed by atoms with E-state index in [9.17, 15) is 0 Å². The van der Waals surface area contributed by atoms with Gasteiger partial charge >= 0.3 is 0 Å². The molecule has 6 heteroatoms.